The minimum absolute atomic E-state index is 0.215. The highest BCUT2D eigenvalue weighted by atomic mass is 35.5. The van der Waals surface area contributed by atoms with E-state index in [4.69, 9.17) is 16.3 Å². The van der Waals surface area contributed by atoms with Gasteiger partial charge in [0.15, 0.2) is 5.06 Å². The van der Waals surface area contributed by atoms with Gasteiger partial charge in [-0.05, 0) is 13.3 Å². The molecule has 0 fully saturated rings. The fraction of sp³-hybridized carbons (Fsp3) is 1.00. The first kappa shape index (κ1) is 19.2. The summed E-state index contributed by atoms with van der Waals surface area (Å²) in [6.07, 6.45) is 14.7. The Balaban J connectivity index is 2.99. The molecular formula is C16H33ClO2. The van der Waals surface area contributed by atoms with E-state index in [1.54, 1.807) is 6.92 Å². The Morgan fingerprint density at radius 2 is 1.26 bits per heavy atom. The summed E-state index contributed by atoms with van der Waals surface area (Å²) in [5.41, 5.74) is 0. The molecule has 116 valence electrons. The van der Waals surface area contributed by atoms with Gasteiger partial charge in [-0.15, -0.1) is 0 Å². The van der Waals surface area contributed by atoms with Crippen molar-refractivity contribution in [2.75, 3.05) is 13.2 Å². The minimum Gasteiger partial charge on any atom is -0.377 e. The summed E-state index contributed by atoms with van der Waals surface area (Å²) in [5.74, 6) is 0. The van der Waals surface area contributed by atoms with E-state index in [1.165, 1.54) is 64.2 Å². The zero-order valence-electron chi connectivity index (χ0n) is 12.9. The van der Waals surface area contributed by atoms with E-state index in [0.29, 0.717) is 6.61 Å². The van der Waals surface area contributed by atoms with Gasteiger partial charge in [-0.25, -0.2) is 0 Å². The van der Waals surface area contributed by atoms with Crippen LogP contribution in [0.3, 0.4) is 0 Å². The maximum Gasteiger partial charge on any atom is 0.158 e. The number of aliphatic hydroxyl groups is 1. The normalized spacial score (nSPS) is 14.5. The van der Waals surface area contributed by atoms with Crippen LogP contribution in [0.25, 0.3) is 0 Å². The van der Waals surface area contributed by atoms with Crippen molar-refractivity contribution in [2.45, 2.75) is 89.5 Å². The van der Waals surface area contributed by atoms with Gasteiger partial charge in [0.2, 0.25) is 0 Å². The number of halogens is 1. The van der Waals surface area contributed by atoms with Crippen LogP contribution < -0.4 is 0 Å². The molecule has 0 aromatic heterocycles. The molecule has 0 aromatic rings. The van der Waals surface area contributed by atoms with Crippen LogP contribution in [-0.2, 0) is 4.74 Å². The van der Waals surface area contributed by atoms with Gasteiger partial charge in [0.25, 0.3) is 0 Å². The number of hydrogen-bond acceptors (Lipinski definition) is 2. The first-order chi connectivity index (χ1) is 9.06. The molecular weight excluding hydrogens is 260 g/mol. The molecule has 0 spiro atoms. The second kappa shape index (κ2) is 13.2. The van der Waals surface area contributed by atoms with Crippen molar-refractivity contribution >= 4 is 11.6 Å². The van der Waals surface area contributed by atoms with E-state index in [2.05, 4.69) is 6.92 Å². The zero-order valence-corrected chi connectivity index (χ0v) is 13.7. The standard InChI is InChI=1S/C16H33ClO2/c1-3-4-5-6-7-8-9-10-11-12-13-14-19-15-16(2,17)18/h18H,3-15H2,1-2H3. The average molecular weight is 293 g/mol. The van der Waals surface area contributed by atoms with Crippen molar-refractivity contribution in [3.8, 4) is 0 Å². The van der Waals surface area contributed by atoms with Crippen LogP contribution in [0.15, 0.2) is 0 Å². The summed E-state index contributed by atoms with van der Waals surface area (Å²) in [7, 11) is 0. The number of hydrogen-bond donors (Lipinski definition) is 1. The van der Waals surface area contributed by atoms with E-state index in [0.717, 1.165) is 6.42 Å². The predicted molar refractivity (Wildman–Crippen MR) is 83.8 cm³/mol. The van der Waals surface area contributed by atoms with Gasteiger partial charge in [0.1, 0.15) is 0 Å². The number of rotatable bonds is 14. The molecule has 2 nitrogen and oxygen atoms in total. The summed E-state index contributed by atoms with van der Waals surface area (Å²) in [4.78, 5) is 0. The van der Waals surface area contributed by atoms with Crippen molar-refractivity contribution in [3.05, 3.63) is 0 Å². The fourth-order valence-electron chi connectivity index (χ4n) is 2.13. The van der Waals surface area contributed by atoms with Crippen molar-refractivity contribution in [2.24, 2.45) is 0 Å². The lowest BCUT2D eigenvalue weighted by molar-refractivity contribution is 0.0194. The first-order valence-corrected chi connectivity index (χ1v) is 8.43. The van der Waals surface area contributed by atoms with Crippen LogP contribution in [0.2, 0.25) is 0 Å². The van der Waals surface area contributed by atoms with Crippen molar-refractivity contribution in [1.82, 2.24) is 0 Å². The molecule has 0 heterocycles. The lowest BCUT2D eigenvalue weighted by Gasteiger charge is -2.14. The van der Waals surface area contributed by atoms with E-state index < -0.39 is 5.06 Å². The molecule has 0 saturated heterocycles. The van der Waals surface area contributed by atoms with Gasteiger partial charge in [-0.2, -0.15) is 0 Å². The third-order valence-electron chi connectivity index (χ3n) is 3.26. The highest BCUT2D eigenvalue weighted by Crippen LogP contribution is 2.12. The maximum atomic E-state index is 9.24. The van der Waals surface area contributed by atoms with Crippen LogP contribution >= 0.6 is 11.6 Å². The largest absolute Gasteiger partial charge is 0.377 e. The van der Waals surface area contributed by atoms with Crippen molar-refractivity contribution < 1.29 is 9.84 Å². The Morgan fingerprint density at radius 3 is 1.68 bits per heavy atom. The van der Waals surface area contributed by atoms with Crippen LogP contribution in [0.1, 0.15) is 84.5 Å². The molecule has 0 aliphatic heterocycles. The monoisotopic (exact) mass is 292 g/mol. The molecule has 0 amide bonds. The Kier molecular flexibility index (Phi) is 13.4. The second-order valence-corrected chi connectivity index (χ2v) is 6.54. The van der Waals surface area contributed by atoms with Crippen LogP contribution in [0, 0.1) is 0 Å². The Bertz CT molecular complexity index is 178. The third kappa shape index (κ3) is 18.2. The van der Waals surface area contributed by atoms with E-state index in [9.17, 15) is 5.11 Å². The van der Waals surface area contributed by atoms with Crippen LogP contribution in [-0.4, -0.2) is 23.4 Å². The number of unbranched alkanes of at least 4 members (excludes halogenated alkanes) is 10. The van der Waals surface area contributed by atoms with E-state index in [1.807, 2.05) is 0 Å². The van der Waals surface area contributed by atoms with Gasteiger partial charge in [-0.1, -0.05) is 82.7 Å². The van der Waals surface area contributed by atoms with Gasteiger partial charge >= 0.3 is 0 Å². The minimum atomic E-state index is -1.21. The smallest absolute Gasteiger partial charge is 0.158 e. The molecule has 19 heavy (non-hydrogen) atoms. The van der Waals surface area contributed by atoms with Crippen molar-refractivity contribution in [1.29, 1.82) is 0 Å². The lowest BCUT2D eigenvalue weighted by atomic mass is 10.1. The third-order valence-corrected chi connectivity index (χ3v) is 3.37. The maximum absolute atomic E-state index is 9.24. The molecule has 0 aliphatic rings. The molecule has 0 rings (SSSR count). The molecule has 1 unspecified atom stereocenters. The summed E-state index contributed by atoms with van der Waals surface area (Å²) in [5, 5.41) is 8.02. The second-order valence-electron chi connectivity index (χ2n) is 5.73. The molecule has 3 heteroatoms. The van der Waals surface area contributed by atoms with Crippen molar-refractivity contribution in [3.63, 3.8) is 0 Å². The SMILES string of the molecule is CCCCCCCCCCCCCOCC(C)(O)Cl. The highest BCUT2D eigenvalue weighted by Gasteiger charge is 2.14. The quantitative estimate of drug-likeness (QED) is 0.349. The summed E-state index contributed by atoms with van der Waals surface area (Å²) in [6.45, 7) is 4.74. The average Bonchev–Trinajstić information content (AvgIpc) is 2.34. The zero-order chi connectivity index (χ0) is 14.4. The van der Waals surface area contributed by atoms with Gasteiger partial charge in [0.05, 0.1) is 6.61 Å². The number of alkyl halides is 1. The first-order valence-electron chi connectivity index (χ1n) is 8.05. The van der Waals surface area contributed by atoms with E-state index >= 15 is 0 Å². The molecule has 0 aliphatic carbocycles. The van der Waals surface area contributed by atoms with Crippen LogP contribution in [0.4, 0.5) is 0 Å². The number of ether oxygens (including phenoxy) is 1. The molecule has 1 atom stereocenters. The molecule has 0 aromatic carbocycles. The molecule has 0 radical (unpaired) electrons. The lowest BCUT2D eigenvalue weighted by Crippen LogP contribution is -2.23. The highest BCUT2D eigenvalue weighted by molar-refractivity contribution is 6.22. The Labute approximate surface area is 124 Å². The summed E-state index contributed by atoms with van der Waals surface area (Å²) < 4.78 is 5.30. The Morgan fingerprint density at radius 1 is 0.842 bits per heavy atom. The topological polar surface area (TPSA) is 29.5 Å². The summed E-state index contributed by atoms with van der Waals surface area (Å²) in [6, 6.07) is 0. The van der Waals surface area contributed by atoms with Gasteiger partial charge < -0.3 is 9.84 Å². The van der Waals surface area contributed by atoms with Crippen LogP contribution in [0.5, 0.6) is 0 Å². The predicted octanol–water partition coefficient (Wildman–Crippen LogP) is 5.26. The van der Waals surface area contributed by atoms with Gasteiger partial charge in [-0.3, -0.25) is 0 Å². The Hall–Kier alpha value is 0.210. The summed E-state index contributed by atoms with van der Waals surface area (Å²) >= 11 is 5.61. The molecule has 0 saturated carbocycles. The van der Waals surface area contributed by atoms with Gasteiger partial charge in [0, 0.05) is 6.61 Å². The fourth-order valence-corrected chi connectivity index (χ4v) is 2.20. The van der Waals surface area contributed by atoms with E-state index in [-0.39, 0.29) is 6.61 Å². The molecule has 1 N–H and O–H groups in total. The molecule has 0 bridgehead atoms.